The normalized spacial score (nSPS) is 20.7. The maximum absolute atomic E-state index is 14.5. The van der Waals surface area contributed by atoms with Crippen LogP contribution in [0.15, 0.2) is 153 Å². The maximum atomic E-state index is 14.5. The van der Waals surface area contributed by atoms with Crippen LogP contribution in [0.1, 0.15) is 29.9 Å². The summed E-state index contributed by atoms with van der Waals surface area (Å²) in [6, 6.07) is 32.7. The largest absolute Gasteiger partial charge is 0.249 e. The molecule has 0 amide bonds. The van der Waals surface area contributed by atoms with Gasteiger partial charge in [0.25, 0.3) is 0 Å². The molecule has 0 bridgehead atoms. The molecule has 0 spiro atoms. The van der Waals surface area contributed by atoms with Crippen LogP contribution < -0.4 is 0 Å². The summed E-state index contributed by atoms with van der Waals surface area (Å²) in [5, 5.41) is 0. The second-order valence-electron chi connectivity index (χ2n) is 10.8. The smallest absolute Gasteiger partial charge is 0.199 e. The van der Waals surface area contributed by atoms with E-state index in [1.807, 2.05) is 73.7 Å². The van der Waals surface area contributed by atoms with Gasteiger partial charge < -0.3 is 0 Å². The van der Waals surface area contributed by atoms with Gasteiger partial charge in [0.1, 0.15) is 0 Å². The first-order chi connectivity index (χ1) is 20.1. The Balaban J connectivity index is 1.54. The van der Waals surface area contributed by atoms with E-state index in [0.717, 1.165) is 16.7 Å². The molecular formula is C34H30O5S3. The number of aryl methyl sites for hydroxylation is 1. The highest BCUT2D eigenvalue weighted by Crippen LogP contribution is 2.55. The van der Waals surface area contributed by atoms with Crippen LogP contribution in [0.2, 0.25) is 0 Å². The van der Waals surface area contributed by atoms with Crippen molar-refractivity contribution >= 4 is 30.5 Å². The second-order valence-corrected chi connectivity index (χ2v) is 17.1. The van der Waals surface area contributed by atoms with Crippen molar-refractivity contribution in [3.8, 4) is 0 Å². The molecule has 1 fully saturated rings. The molecule has 4 aromatic carbocycles. The van der Waals surface area contributed by atoms with Gasteiger partial charge in [-0.2, -0.15) is 0 Å². The van der Waals surface area contributed by atoms with E-state index in [0.29, 0.717) is 9.80 Å². The second kappa shape index (κ2) is 10.9. The zero-order chi connectivity index (χ0) is 29.5. The van der Waals surface area contributed by atoms with Gasteiger partial charge in [0.15, 0.2) is 23.8 Å². The Morgan fingerprint density at radius 3 is 1.69 bits per heavy atom. The van der Waals surface area contributed by atoms with Crippen molar-refractivity contribution < 1.29 is 21.0 Å². The van der Waals surface area contributed by atoms with Crippen LogP contribution in [0.5, 0.6) is 0 Å². The first kappa shape index (κ1) is 28.5. The summed E-state index contributed by atoms with van der Waals surface area (Å²) in [7, 11) is -10.3. The highest BCUT2D eigenvalue weighted by atomic mass is 32.3. The van der Waals surface area contributed by atoms with Crippen molar-refractivity contribution in [1.29, 1.82) is 0 Å². The standard InChI is InChI=1S/C34H30O5S3/c1-25-17-19-29(20-18-25)40(35)33-22-28-24-34(41(36,37)30-13-7-3-8-14-30,42(38,39)31-15-9-4-10-16-31)23-27(28)21-32(33)26-11-5-2-6-12-26/h2-22,28,32H,23-24H2,1H3/t28-,32-,40?/m0/s1. The van der Waals surface area contributed by atoms with Crippen LogP contribution in [0.3, 0.4) is 0 Å². The number of sulfone groups is 2. The van der Waals surface area contributed by atoms with Crippen molar-refractivity contribution in [1.82, 2.24) is 0 Å². The summed E-state index contributed by atoms with van der Waals surface area (Å²) < 4.78 is 69.7. The molecular weight excluding hydrogens is 585 g/mol. The lowest BCUT2D eigenvalue weighted by molar-refractivity contribution is 0.534. The zero-order valence-electron chi connectivity index (χ0n) is 23.0. The molecule has 214 valence electrons. The first-order valence-electron chi connectivity index (χ1n) is 13.7. The molecule has 0 heterocycles. The minimum absolute atomic E-state index is 0.0317. The molecule has 2 aliphatic carbocycles. The molecule has 5 nitrogen and oxygen atoms in total. The molecule has 0 N–H and O–H groups in total. The molecule has 0 radical (unpaired) electrons. The first-order valence-corrected chi connectivity index (χ1v) is 17.8. The Morgan fingerprint density at radius 2 is 1.17 bits per heavy atom. The predicted octanol–water partition coefficient (Wildman–Crippen LogP) is 6.76. The fraction of sp³-hybridized carbons (Fsp3) is 0.176. The van der Waals surface area contributed by atoms with Gasteiger partial charge in [-0.25, -0.2) is 21.0 Å². The molecule has 2 aliphatic rings. The van der Waals surface area contributed by atoms with Crippen LogP contribution in [0.4, 0.5) is 0 Å². The number of benzene rings is 4. The highest BCUT2D eigenvalue weighted by Gasteiger charge is 2.61. The summed E-state index contributed by atoms with van der Waals surface area (Å²) in [5.41, 5.74) is 2.69. The zero-order valence-corrected chi connectivity index (χ0v) is 25.4. The Labute approximate surface area is 249 Å². The third-order valence-electron chi connectivity index (χ3n) is 8.23. The summed E-state index contributed by atoms with van der Waals surface area (Å²) in [6.45, 7) is 1.97. The van der Waals surface area contributed by atoms with E-state index in [1.165, 1.54) is 24.3 Å². The van der Waals surface area contributed by atoms with E-state index in [9.17, 15) is 21.0 Å². The van der Waals surface area contributed by atoms with Gasteiger partial charge in [-0.05, 0) is 55.3 Å². The minimum Gasteiger partial charge on any atom is -0.249 e. The molecule has 1 unspecified atom stereocenters. The van der Waals surface area contributed by atoms with Gasteiger partial charge in [-0.3, -0.25) is 0 Å². The quantitative estimate of drug-likeness (QED) is 0.215. The Bertz CT molecular complexity index is 1840. The number of hydrogen-bond donors (Lipinski definition) is 0. The van der Waals surface area contributed by atoms with Crippen molar-refractivity contribution in [3.05, 3.63) is 149 Å². The van der Waals surface area contributed by atoms with E-state index < -0.39 is 46.4 Å². The summed E-state index contributed by atoms with van der Waals surface area (Å²) in [6.07, 6.45) is 3.48. The predicted molar refractivity (Wildman–Crippen MR) is 166 cm³/mol. The monoisotopic (exact) mass is 614 g/mol. The summed E-state index contributed by atoms with van der Waals surface area (Å²) in [5.74, 6) is -0.902. The lowest BCUT2D eigenvalue weighted by Gasteiger charge is -2.29. The lowest BCUT2D eigenvalue weighted by Crippen LogP contribution is -2.44. The average molecular weight is 615 g/mol. The maximum Gasteiger partial charge on any atom is 0.199 e. The molecule has 0 saturated heterocycles. The molecule has 4 aromatic rings. The Morgan fingerprint density at radius 1 is 0.667 bits per heavy atom. The Kier molecular flexibility index (Phi) is 7.41. The van der Waals surface area contributed by atoms with Crippen molar-refractivity contribution in [2.24, 2.45) is 5.92 Å². The van der Waals surface area contributed by atoms with Crippen molar-refractivity contribution in [2.75, 3.05) is 0 Å². The fourth-order valence-electron chi connectivity index (χ4n) is 6.01. The van der Waals surface area contributed by atoms with Gasteiger partial charge in [0.05, 0.1) is 20.6 Å². The van der Waals surface area contributed by atoms with Gasteiger partial charge >= 0.3 is 0 Å². The van der Waals surface area contributed by atoms with E-state index in [2.05, 4.69) is 0 Å². The molecule has 0 aliphatic heterocycles. The van der Waals surface area contributed by atoms with E-state index >= 15 is 0 Å². The van der Waals surface area contributed by atoms with Gasteiger partial charge in [-0.1, -0.05) is 102 Å². The van der Waals surface area contributed by atoms with Crippen molar-refractivity contribution in [2.45, 2.75) is 44.4 Å². The number of hydrogen-bond acceptors (Lipinski definition) is 5. The molecule has 3 atom stereocenters. The molecule has 1 saturated carbocycles. The molecule has 8 heteroatoms. The average Bonchev–Trinajstić information content (AvgIpc) is 3.43. The third kappa shape index (κ3) is 4.71. The van der Waals surface area contributed by atoms with Crippen LogP contribution in [-0.4, -0.2) is 25.1 Å². The van der Waals surface area contributed by atoms with Crippen LogP contribution >= 0.6 is 0 Å². The fourth-order valence-corrected chi connectivity index (χ4v) is 12.5. The molecule has 0 aromatic heterocycles. The van der Waals surface area contributed by atoms with E-state index in [1.54, 1.807) is 36.4 Å². The van der Waals surface area contributed by atoms with Crippen LogP contribution in [-0.2, 0) is 30.5 Å². The lowest BCUT2D eigenvalue weighted by atomic mass is 9.86. The summed E-state index contributed by atoms with van der Waals surface area (Å²) in [4.78, 5) is 1.21. The number of allylic oxidation sites excluding steroid dienone is 4. The topological polar surface area (TPSA) is 85.3 Å². The van der Waals surface area contributed by atoms with E-state index in [4.69, 9.17) is 0 Å². The Hall–Kier alpha value is -3.59. The summed E-state index contributed by atoms with van der Waals surface area (Å²) >= 11 is 0. The third-order valence-corrected chi connectivity index (χ3v) is 15.4. The van der Waals surface area contributed by atoms with E-state index in [-0.39, 0.29) is 22.6 Å². The van der Waals surface area contributed by atoms with Crippen LogP contribution in [0, 0.1) is 12.8 Å². The van der Waals surface area contributed by atoms with Crippen LogP contribution in [0.25, 0.3) is 0 Å². The minimum atomic E-state index is -4.38. The van der Waals surface area contributed by atoms with Gasteiger partial charge in [0, 0.05) is 28.1 Å². The molecule has 6 rings (SSSR count). The molecule has 42 heavy (non-hydrogen) atoms. The SMILES string of the molecule is Cc1ccc(S(=O)C2=C[C@H]3CC(S(=O)(=O)c4ccccc4)(S(=O)(=O)c4ccccc4)CC3=C[C@H]2c2ccccc2)cc1. The van der Waals surface area contributed by atoms with Crippen molar-refractivity contribution in [3.63, 3.8) is 0 Å². The highest BCUT2D eigenvalue weighted by molar-refractivity contribution is 8.10. The number of fused-ring (bicyclic) bond motifs is 1. The number of rotatable bonds is 7. The van der Waals surface area contributed by atoms with Gasteiger partial charge in [-0.15, -0.1) is 0 Å². The van der Waals surface area contributed by atoms with Gasteiger partial charge in [0.2, 0.25) is 0 Å².